The van der Waals surface area contributed by atoms with Crippen LogP contribution in [0.5, 0.6) is 0 Å². The summed E-state index contributed by atoms with van der Waals surface area (Å²) in [6.07, 6.45) is 7.75. The summed E-state index contributed by atoms with van der Waals surface area (Å²) in [6.45, 7) is 6.35. The van der Waals surface area contributed by atoms with E-state index in [0.717, 1.165) is 12.8 Å². The number of aliphatic hydroxyl groups excluding tert-OH is 1. The minimum Gasteiger partial charge on any atom is -0.512 e. The first-order valence-corrected chi connectivity index (χ1v) is 5.11. The maximum atomic E-state index is 9.48. The zero-order chi connectivity index (χ0) is 9.40. The van der Waals surface area contributed by atoms with Crippen LogP contribution in [-0.2, 0) is 0 Å². The van der Waals surface area contributed by atoms with Gasteiger partial charge >= 0.3 is 0 Å². The molecule has 1 N–H and O–H groups in total. The van der Waals surface area contributed by atoms with Gasteiger partial charge in [0, 0.05) is 5.92 Å². The van der Waals surface area contributed by atoms with Gasteiger partial charge in [0.2, 0.25) is 0 Å². The van der Waals surface area contributed by atoms with Crippen LogP contribution < -0.4 is 0 Å². The normalized spacial score (nSPS) is 14.8. The van der Waals surface area contributed by atoms with Crippen molar-refractivity contribution in [3.63, 3.8) is 0 Å². The summed E-state index contributed by atoms with van der Waals surface area (Å²) in [7, 11) is 0. The molecule has 1 atom stereocenters. The van der Waals surface area contributed by atoms with Crippen molar-refractivity contribution in [3.05, 3.63) is 11.8 Å². The van der Waals surface area contributed by atoms with Gasteiger partial charge in [-0.3, -0.25) is 0 Å². The van der Waals surface area contributed by atoms with Crippen LogP contribution in [0.1, 0.15) is 52.9 Å². The minimum absolute atomic E-state index is 0.339. The van der Waals surface area contributed by atoms with Crippen LogP contribution in [0, 0.1) is 5.92 Å². The van der Waals surface area contributed by atoms with Gasteiger partial charge in [-0.15, -0.1) is 0 Å². The fraction of sp³-hybridized carbons (Fsp3) is 0.818. The molecular formula is C11H22O. The molecule has 0 rings (SSSR count). The standard InChI is InChI=1S/C11H22O/c1-4-6-7-8-9-11(12)10(3)5-2/h9-10,12H,4-8H2,1-3H3. The Morgan fingerprint density at radius 2 is 2.00 bits per heavy atom. The van der Waals surface area contributed by atoms with Crippen molar-refractivity contribution in [1.82, 2.24) is 0 Å². The van der Waals surface area contributed by atoms with Gasteiger partial charge < -0.3 is 5.11 Å². The third-order valence-electron chi connectivity index (χ3n) is 2.28. The Morgan fingerprint density at radius 3 is 2.50 bits per heavy atom. The molecule has 0 radical (unpaired) electrons. The highest BCUT2D eigenvalue weighted by Gasteiger charge is 2.02. The molecule has 12 heavy (non-hydrogen) atoms. The molecule has 0 saturated heterocycles. The fourth-order valence-corrected chi connectivity index (χ4v) is 1.05. The molecule has 0 bridgehead atoms. The second-order valence-corrected chi connectivity index (χ2v) is 3.43. The maximum absolute atomic E-state index is 9.48. The zero-order valence-electron chi connectivity index (χ0n) is 8.64. The van der Waals surface area contributed by atoms with Gasteiger partial charge in [0.15, 0.2) is 0 Å². The Kier molecular flexibility index (Phi) is 6.93. The van der Waals surface area contributed by atoms with E-state index in [0.29, 0.717) is 11.7 Å². The predicted octanol–water partition coefficient (Wildman–Crippen LogP) is 4.05. The quantitative estimate of drug-likeness (QED) is 0.471. The minimum atomic E-state index is 0.339. The summed E-state index contributed by atoms with van der Waals surface area (Å²) in [5.41, 5.74) is 0. The van der Waals surface area contributed by atoms with E-state index in [9.17, 15) is 5.11 Å². The lowest BCUT2D eigenvalue weighted by Crippen LogP contribution is -1.96. The van der Waals surface area contributed by atoms with Crippen LogP contribution in [0.15, 0.2) is 11.8 Å². The number of unbranched alkanes of at least 4 members (excludes halogenated alkanes) is 3. The van der Waals surface area contributed by atoms with Crippen molar-refractivity contribution in [2.24, 2.45) is 5.92 Å². The van der Waals surface area contributed by atoms with Crippen LogP contribution >= 0.6 is 0 Å². The Bertz CT molecular complexity index is 127. The molecule has 0 fully saturated rings. The lowest BCUT2D eigenvalue weighted by molar-refractivity contribution is 0.333. The Balaban J connectivity index is 3.54. The van der Waals surface area contributed by atoms with E-state index >= 15 is 0 Å². The second kappa shape index (κ2) is 7.20. The molecule has 0 aromatic heterocycles. The molecule has 0 aliphatic carbocycles. The molecular weight excluding hydrogens is 148 g/mol. The second-order valence-electron chi connectivity index (χ2n) is 3.43. The molecule has 1 heteroatoms. The molecule has 0 aliphatic rings. The van der Waals surface area contributed by atoms with Crippen LogP contribution in [0.3, 0.4) is 0 Å². The van der Waals surface area contributed by atoms with Gasteiger partial charge in [0.05, 0.1) is 5.76 Å². The fourth-order valence-electron chi connectivity index (χ4n) is 1.05. The largest absolute Gasteiger partial charge is 0.512 e. The summed E-state index contributed by atoms with van der Waals surface area (Å²) in [5, 5.41) is 9.48. The van der Waals surface area contributed by atoms with Crippen LogP contribution in [0.4, 0.5) is 0 Å². The topological polar surface area (TPSA) is 20.2 Å². The average molecular weight is 170 g/mol. The molecule has 0 amide bonds. The first-order chi connectivity index (χ1) is 5.72. The van der Waals surface area contributed by atoms with Crippen LogP contribution in [0.25, 0.3) is 0 Å². The summed E-state index contributed by atoms with van der Waals surface area (Å²) in [4.78, 5) is 0. The molecule has 0 aliphatic heterocycles. The van der Waals surface area contributed by atoms with E-state index in [-0.39, 0.29) is 0 Å². The molecule has 0 heterocycles. The van der Waals surface area contributed by atoms with Gasteiger partial charge in [-0.25, -0.2) is 0 Å². The molecule has 0 spiro atoms. The molecule has 0 aromatic rings. The van der Waals surface area contributed by atoms with E-state index < -0.39 is 0 Å². The number of aliphatic hydroxyl groups is 1. The third kappa shape index (κ3) is 5.22. The predicted molar refractivity (Wildman–Crippen MR) is 54.3 cm³/mol. The molecule has 1 unspecified atom stereocenters. The van der Waals surface area contributed by atoms with E-state index in [1.165, 1.54) is 19.3 Å². The van der Waals surface area contributed by atoms with Gasteiger partial charge in [-0.2, -0.15) is 0 Å². The number of hydrogen-bond acceptors (Lipinski definition) is 1. The highest BCUT2D eigenvalue weighted by Crippen LogP contribution is 2.12. The van der Waals surface area contributed by atoms with Gasteiger partial charge in [0.25, 0.3) is 0 Å². The number of rotatable bonds is 6. The summed E-state index contributed by atoms with van der Waals surface area (Å²) in [5.74, 6) is 0.917. The highest BCUT2D eigenvalue weighted by atomic mass is 16.3. The van der Waals surface area contributed by atoms with Crippen molar-refractivity contribution in [3.8, 4) is 0 Å². The zero-order valence-corrected chi connectivity index (χ0v) is 8.64. The van der Waals surface area contributed by atoms with Crippen molar-refractivity contribution in [2.75, 3.05) is 0 Å². The molecule has 72 valence electrons. The monoisotopic (exact) mass is 170 g/mol. The van der Waals surface area contributed by atoms with Gasteiger partial charge in [-0.1, -0.05) is 33.6 Å². The Morgan fingerprint density at radius 1 is 1.33 bits per heavy atom. The summed E-state index contributed by atoms with van der Waals surface area (Å²) in [6, 6.07) is 0. The summed E-state index contributed by atoms with van der Waals surface area (Å²) < 4.78 is 0. The first kappa shape index (κ1) is 11.5. The first-order valence-electron chi connectivity index (χ1n) is 5.11. The van der Waals surface area contributed by atoms with Crippen LogP contribution in [-0.4, -0.2) is 5.11 Å². The van der Waals surface area contributed by atoms with Crippen molar-refractivity contribution < 1.29 is 5.11 Å². The Hall–Kier alpha value is -0.460. The maximum Gasteiger partial charge on any atom is 0.0910 e. The highest BCUT2D eigenvalue weighted by molar-refractivity contribution is 4.94. The Labute approximate surface area is 76.5 Å². The molecule has 1 nitrogen and oxygen atoms in total. The van der Waals surface area contributed by atoms with E-state index in [2.05, 4.69) is 20.8 Å². The SMILES string of the molecule is CCCCCC=C(O)C(C)CC. The average Bonchev–Trinajstić information content (AvgIpc) is 2.10. The van der Waals surface area contributed by atoms with Gasteiger partial charge in [-0.05, 0) is 25.3 Å². The molecule has 0 saturated carbocycles. The van der Waals surface area contributed by atoms with Crippen LogP contribution in [0.2, 0.25) is 0 Å². The van der Waals surface area contributed by atoms with E-state index in [1.807, 2.05) is 6.08 Å². The van der Waals surface area contributed by atoms with Crippen molar-refractivity contribution in [2.45, 2.75) is 52.9 Å². The lowest BCUT2D eigenvalue weighted by Gasteiger charge is -2.06. The van der Waals surface area contributed by atoms with E-state index in [4.69, 9.17) is 0 Å². The lowest BCUT2D eigenvalue weighted by atomic mass is 10.1. The van der Waals surface area contributed by atoms with Gasteiger partial charge in [0.1, 0.15) is 0 Å². The van der Waals surface area contributed by atoms with Crippen molar-refractivity contribution >= 4 is 0 Å². The number of hydrogen-bond donors (Lipinski definition) is 1. The van der Waals surface area contributed by atoms with Crippen molar-refractivity contribution in [1.29, 1.82) is 0 Å². The summed E-state index contributed by atoms with van der Waals surface area (Å²) >= 11 is 0. The number of allylic oxidation sites excluding steroid dienone is 2. The van der Waals surface area contributed by atoms with E-state index in [1.54, 1.807) is 0 Å². The molecule has 0 aromatic carbocycles. The smallest absolute Gasteiger partial charge is 0.0910 e. The third-order valence-corrected chi connectivity index (χ3v) is 2.28.